The molecule has 1 unspecified atom stereocenters. The van der Waals surface area contributed by atoms with E-state index in [2.05, 4.69) is 5.32 Å². The average molecular weight is 286 g/mol. The Morgan fingerprint density at radius 3 is 2.42 bits per heavy atom. The number of sulfonamides is 1. The van der Waals surface area contributed by atoms with E-state index in [4.69, 9.17) is 10.2 Å². The molecule has 0 saturated carbocycles. The van der Waals surface area contributed by atoms with Crippen LogP contribution in [0, 0.1) is 0 Å². The Hall–Kier alpha value is -1.44. The second-order valence-electron chi connectivity index (χ2n) is 4.29. The number of benzene rings is 1. The van der Waals surface area contributed by atoms with Crippen LogP contribution in [0.5, 0.6) is 0 Å². The van der Waals surface area contributed by atoms with Crippen molar-refractivity contribution >= 4 is 16.0 Å². The highest BCUT2D eigenvalue weighted by molar-refractivity contribution is 7.89. The molecule has 0 aliphatic carbocycles. The molecule has 1 atom stereocenters. The fourth-order valence-corrected chi connectivity index (χ4v) is 2.14. The van der Waals surface area contributed by atoms with Crippen molar-refractivity contribution in [2.75, 3.05) is 6.54 Å². The van der Waals surface area contributed by atoms with E-state index in [1.54, 1.807) is 12.1 Å². The Balaban J connectivity index is 2.54. The van der Waals surface area contributed by atoms with Crippen molar-refractivity contribution in [3.05, 3.63) is 29.8 Å². The average Bonchev–Trinajstić information content (AvgIpc) is 2.33. The maximum atomic E-state index is 11.1. The van der Waals surface area contributed by atoms with Gasteiger partial charge in [-0.15, -0.1) is 0 Å². The summed E-state index contributed by atoms with van der Waals surface area (Å²) in [5.41, 5.74) is 0.919. The second kappa shape index (κ2) is 6.65. The molecule has 0 aliphatic rings. The van der Waals surface area contributed by atoms with Gasteiger partial charge in [-0.2, -0.15) is 0 Å². The number of nitrogens with two attached hydrogens (primary N) is 1. The summed E-state index contributed by atoms with van der Waals surface area (Å²) in [7, 11) is -3.66. The maximum absolute atomic E-state index is 11.1. The van der Waals surface area contributed by atoms with Crippen LogP contribution >= 0.6 is 0 Å². The number of hydrogen-bond donors (Lipinski definition) is 3. The van der Waals surface area contributed by atoms with E-state index in [9.17, 15) is 13.2 Å². The number of primary sulfonamides is 1. The summed E-state index contributed by atoms with van der Waals surface area (Å²) in [6, 6.07) is 6.31. The van der Waals surface area contributed by atoms with Crippen LogP contribution in [-0.4, -0.2) is 26.0 Å². The van der Waals surface area contributed by atoms with E-state index in [0.29, 0.717) is 13.0 Å². The van der Waals surface area contributed by atoms with Crippen molar-refractivity contribution < 1.29 is 18.3 Å². The van der Waals surface area contributed by atoms with Crippen molar-refractivity contribution in [3.63, 3.8) is 0 Å². The first kappa shape index (κ1) is 15.6. The predicted molar refractivity (Wildman–Crippen MR) is 71.1 cm³/mol. The van der Waals surface area contributed by atoms with E-state index in [-0.39, 0.29) is 17.4 Å². The summed E-state index contributed by atoms with van der Waals surface area (Å²) < 4.78 is 22.2. The van der Waals surface area contributed by atoms with E-state index in [1.165, 1.54) is 12.1 Å². The van der Waals surface area contributed by atoms with E-state index in [1.807, 2.05) is 6.92 Å². The molecule has 106 valence electrons. The lowest BCUT2D eigenvalue weighted by atomic mass is 10.1. The number of aliphatic carboxylic acids is 1. The fourth-order valence-electron chi connectivity index (χ4n) is 1.62. The molecule has 0 heterocycles. The normalized spacial score (nSPS) is 13.2. The molecule has 0 spiro atoms. The number of carbonyl (C=O) groups is 1. The molecule has 0 bridgehead atoms. The lowest BCUT2D eigenvalue weighted by molar-refractivity contribution is -0.137. The minimum atomic E-state index is -3.66. The van der Waals surface area contributed by atoms with Gasteiger partial charge in [0.05, 0.1) is 4.90 Å². The molecule has 0 fully saturated rings. The monoisotopic (exact) mass is 286 g/mol. The maximum Gasteiger partial charge on any atom is 0.303 e. The summed E-state index contributed by atoms with van der Waals surface area (Å²) in [5.74, 6) is -0.813. The highest BCUT2D eigenvalue weighted by atomic mass is 32.2. The van der Waals surface area contributed by atoms with Crippen molar-refractivity contribution in [2.45, 2.75) is 30.7 Å². The second-order valence-corrected chi connectivity index (χ2v) is 5.85. The number of rotatable bonds is 7. The summed E-state index contributed by atoms with van der Waals surface area (Å²) in [4.78, 5) is 10.4. The van der Waals surface area contributed by atoms with Gasteiger partial charge in [-0.3, -0.25) is 4.79 Å². The molecule has 0 saturated heterocycles. The molecular weight excluding hydrogens is 268 g/mol. The molecule has 1 rings (SSSR count). The number of carboxylic acid groups (broad SMARTS) is 1. The van der Waals surface area contributed by atoms with Gasteiger partial charge >= 0.3 is 5.97 Å². The fraction of sp³-hybridized carbons (Fsp3) is 0.417. The van der Waals surface area contributed by atoms with Gasteiger partial charge in [-0.1, -0.05) is 12.1 Å². The SMILES string of the molecule is CC(NCCCC(=O)O)c1ccc(S(N)(=O)=O)cc1. The third-order valence-electron chi connectivity index (χ3n) is 2.73. The van der Waals surface area contributed by atoms with Crippen LogP contribution in [0.2, 0.25) is 0 Å². The Bertz CT molecular complexity index is 525. The van der Waals surface area contributed by atoms with Gasteiger partial charge < -0.3 is 10.4 Å². The Kier molecular flexibility index (Phi) is 5.46. The molecule has 0 radical (unpaired) electrons. The number of carboxylic acids is 1. The molecule has 4 N–H and O–H groups in total. The minimum Gasteiger partial charge on any atom is -0.481 e. The van der Waals surface area contributed by atoms with Crippen molar-refractivity contribution in [2.24, 2.45) is 5.14 Å². The van der Waals surface area contributed by atoms with Crippen molar-refractivity contribution in [3.8, 4) is 0 Å². The molecule has 6 nitrogen and oxygen atoms in total. The van der Waals surface area contributed by atoms with Gasteiger partial charge in [-0.05, 0) is 37.6 Å². The van der Waals surface area contributed by atoms with Crippen LogP contribution in [0.15, 0.2) is 29.2 Å². The molecule has 19 heavy (non-hydrogen) atoms. The largest absolute Gasteiger partial charge is 0.481 e. The van der Waals surface area contributed by atoms with Crippen LogP contribution in [0.1, 0.15) is 31.4 Å². The Morgan fingerprint density at radius 1 is 1.37 bits per heavy atom. The first-order chi connectivity index (χ1) is 8.80. The first-order valence-electron chi connectivity index (χ1n) is 5.88. The molecule has 0 aromatic heterocycles. The van der Waals surface area contributed by atoms with Gasteiger partial charge in [-0.25, -0.2) is 13.6 Å². The van der Waals surface area contributed by atoms with Gasteiger partial charge in [0.1, 0.15) is 0 Å². The lowest BCUT2D eigenvalue weighted by Gasteiger charge is -2.14. The van der Waals surface area contributed by atoms with E-state index >= 15 is 0 Å². The van der Waals surface area contributed by atoms with Crippen LogP contribution in [-0.2, 0) is 14.8 Å². The molecule has 0 aliphatic heterocycles. The summed E-state index contributed by atoms with van der Waals surface area (Å²) in [6.45, 7) is 2.51. The molecule has 1 aromatic rings. The highest BCUT2D eigenvalue weighted by Gasteiger charge is 2.09. The van der Waals surface area contributed by atoms with Crippen LogP contribution < -0.4 is 10.5 Å². The molecular formula is C12H18N2O4S. The van der Waals surface area contributed by atoms with Crippen LogP contribution in [0.25, 0.3) is 0 Å². The lowest BCUT2D eigenvalue weighted by Crippen LogP contribution is -2.20. The van der Waals surface area contributed by atoms with Crippen molar-refractivity contribution in [1.82, 2.24) is 5.32 Å². The predicted octanol–water partition coefficient (Wildman–Crippen LogP) is 0.849. The minimum absolute atomic E-state index is 0.0170. The smallest absolute Gasteiger partial charge is 0.303 e. The topological polar surface area (TPSA) is 109 Å². The van der Waals surface area contributed by atoms with E-state index < -0.39 is 16.0 Å². The van der Waals surface area contributed by atoms with Gasteiger partial charge in [0.2, 0.25) is 10.0 Å². The van der Waals surface area contributed by atoms with E-state index in [0.717, 1.165) is 5.56 Å². The highest BCUT2D eigenvalue weighted by Crippen LogP contribution is 2.15. The quantitative estimate of drug-likeness (QED) is 0.644. The molecule has 0 amide bonds. The van der Waals surface area contributed by atoms with Gasteiger partial charge in [0.25, 0.3) is 0 Å². The van der Waals surface area contributed by atoms with Crippen LogP contribution in [0.4, 0.5) is 0 Å². The third kappa shape index (κ3) is 5.37. The molecule has 7 heteroatoms. The Morgan fingerprint density at radius 2 is 1.95 bits per heavy atom. The zero-order chi connectivity index (χ0) is 14.5. The number of hydrogen-bond acceptors (Lipinski definition) is 4. The molecule has 1 aromatic carbocycles. The van der Waals surface area contributed by atoms with Gasteiger partial charge in [0, 0.05) is 12.5 Å². The summed E-state index contributed by atoms with van der Waals surface area (Å²) in [6.07, 6.45) is 0.680. The Labute approximate surface area is 112 Å². The summed E-state index contributed by atoms with van der Waals surface area (Å²) >= 11 is 0. The first-order valence-corrected chi connectivity index (χ1v) is 7.43. The third-order valence-corrected chi connectivity index (χ3v) is 3.66. The van der Waals surface area contributed by atoms with Gasteiger partial charge in [0.15, 0.2) is 0 Å². The van der Waals surface area contributed by atoms with Crippen LogP contribution in [0.3, 0.4) is 0 Å². The van der Waals surface area contributed by atoms with Crippen molar-refractivity contribution in [1.29, 1.82) is 0 Å². The number of nitrogens with one attached hydrogen (secondary N) is 1. The zero-order valence-corrected chi connectivity index (χ0v) is 11.5. The standard InChI is InChI=1S/C12H18N2O4S/c1-9(14-8-2-3-12(15)16)10-4-6-11(7-5-10)19(13,17)18/h4-7,9,14H,2-3,8H2,1H3,(H,15,16)(H2,13,17,18). The summed E-state index contributed by atoms with van der Waals surface area (Å²) in [5, 5.41) is 16.7. The zero-order valence-electron chi connectivity index (χ0n) is 10.7.